The molecule has 1 amide bonds. The highest BCUT2D eigenvalue weighted by atomic mass is 19.1. The Kier molecular flexibility index (Phi) is 4.18. The number of hydrogen-bond donors (Lipinski definition) is 1. The number of para-hydroxylation sites is 1. The van der Waals surface area contributed by atoms with Gasteiger partial charge in [-0.25, -0.2) is 4.39 Å². The molecule has 0 spiro atoms. The average Bonchev–Trinajstić information content (AvgIpc) is 2.57. The summed E-state index contributed by atoms with van der Waals surface area (Å²) in [6.07, 6.45) is 0.427. The molecule has 0 radical (unpaired) electrons. The van der Waals surface area contributed by atoms with E-state index in [1.54, 1.807) is 24.3 Å². The molecule has 0 fully saturated rings. The summed E-state index contributed by atoms with van der Waals surface area (Å²) in [6, 6.07) is 7.89. The first kappa shape index (κ1) is 16.6. The highest BCUT2D eigenvalue weighted by molar-refractivity contribution is 6.01. The van der Waals surface area contributed by atoms with E-state index >= 15 is 0 Å². The summed E-state index contributed by atoms with van der Waals surface area (Å²) < 4.78 is 27.9. The van der Waals surface area contributed by atoms with Gasteiger partial charge in [0.1, 0.15) is 12.0 Å². The maximum Gasteiger partial charge on any atom is 0.305 e. The Morgan fingerprint density at radius 1 is 1.28 bits per heavy atom. The number of benzene rings is 2. The van der Waals surface area contributed by atoms with Crippen LogP contribution in [-0.4, -0.2) is 22.3 Å². The minimum absolute atomic E-state index is 0.0788. The number of nitro groups is 1. The molecule has 2 aromatic carbocycles. The van der Waals surface area contributed by atoms with Crippen molar-refractivity contribution in [1.82, 2.24) is 4.90 Å². The Morgan fingerprint density at radius 3 is 2.68 bits per heavy atom. The van der Waals surface area contributed by atoms with Crippen LogP contribution in [0.1, 0.15) is 22.1 Å². The molecule has 128 valence electrons. The molecule has 3 rings (SSSR count). The van der Waals surface area contributed by atoms with E-state index in [0.717, 1.165) is 6.07 Å². The number of nitrogens with zero attached hydrogens (tertiary/aromatic N) is 2. The van der Waals surface area contributed by atoms with Gasteiger partial charge < -0.3 is 10.2 Å². The predicted molar refractivity (Wildman–Crippen MR) is 87.1 cm³/mol. The first-order valence-corrected chi connectivity index (χ1v) is 7.34. The fraction of sp³-hybridized carbons (Fsp3) is 0.118. The largest absolute Gasteiger partial charge is 0.361 e. The van der Waals surface area contributed by atoms with Crippen LogP contribution in [0.15, 0.2) is 49.1 Å². The summed E-state index contributed by atoms with van der Waals surface area (Å²) in [5.74, 6) is -2.64. The fourth-order valence-corrected chi connectivity index (χ4v) is 2.77. The van der Waals surface area contributed by atoms with E-state index in [9.17, 15) is 23.7 Å². The molecule has 1 N–H and O–H groups in total. The second-order valence-corrected chi connectivity index (χ2v) is 5.42. The minimum atomic E-state index is -1.27. The molecule has 25 heavy (non-hydrogen) atoms. The van der Waals surface area contributed by atoms with Crippen molar-refractivity contribution < 1.29 is 18.5 Å². The average molecular weight is 345 g/mol. The molecule has 8 heteroatoms. The molecule has 0 saturated heterocycles. The van der Waals surface area contributed by atoms with Gasteiger partial charge in [-0.1, -0.05) is 18.2 Å². The quantitative estimate of drug-likeness (QED) is 0.522. The summed E-state index contributed by atoms with van der Waals surface area (Å²) in [5, 5.41) is 13.9. The number of carbonyl (C=O) groups excluding carboxylic acids is 1. The van der Waals surface area contributed by atoms with Gasteiger partial charge in [0, 0.05) is 29.9 Å². The molecule has 1 atom stereocenters. The summed E-state index contributed by atoms with van der Waals surface area (Å²) in [4.78, 5) is 24.0. The molecule has 0 aromatic heterocycles. The van der Waals surface area contributed by atoms with Crippen LogP contribution in [0, 0.1) is 21.7 Å². The molecular formula is C17H13F2N3O3. The molecule has 2 aromatic rings. The number of fused-ring (bicyclic) bond motifs is 1. The minimum Gasteiger partial charge on any atom is -0.361 e. The number of rotatable bonds is 4. The van der Waals surface area contributed by atoms with Gasteiger partial charge in [0.15, 0.2) is 0 Å². The molecule has 1 heterocycles. The van der Waals surface area contributed by atoms with Crippen LogP contribution >= 0.6 is 0 Å². The molecular weight excluding hydrogens is 332 g/mol. The predicted octanol–water partition coefficient (Wildman–Crippen LogP) is 3.63. The van der Waals surface area contributed by atoms with Crippen molar-refractivity contribution in [2.24, 2.45) is 0 Å². The van der Waals surface area contributed by atoms with Gasteiger partial charge in [0.25, 0.3) is 5.91 Å². The van der Waals surface area contributed by atoms with E-state index in [1.165, 1.54) is 11.0 Å². The Bertz CT molecular complexity index is 885. The highest BCUT2D eigenvalue weighted by Crippen LogP contribution is 2.35. The van der Waals surface area contributed by atoms with Crippen molar-refractivity contribution in [2.75, 3.05) is 11.9 Å². The molecule has 1 aliphatic rings. The van der Waals surface area contributed by atoms with E-state index in [-0.39, 0.29) is 18.0 Å². The van der Waals surface area contributed by atoms with Gasteiger partial charge in [0.05, 0.1) is 10.5 Å². The van der Waals surface area contributed by atoms with E-state index in [4.69, 9.17) is 0 Å². The lowest BCUT2D eigenvalue weighted by molar-refractivity contribution is -0.387. The van der Waals surface area contributed by atoms with Crippen LogP contribution in [0.5, 0.6) is 0 Å². The van der Waals surface area contributed by atoms with Crippen LogP contribution in [0.2, 0.25) is 0 Å². The number of nitrogens with one attached hydrogen (secondary N) is 1. The number of halogens is 2. The summed E-state index contributed by atoms with van der Waals surface area (Å²) in [6.45, 7) is 3.65. The van der Waals surface area contributed by atoms with E-state index < -0.39 is 28.4 Å². The van der Waals surface area contributed by atoms with E-state index in [2.05, 4.69) is 11.9 Å². The van der Waals surface area contributed by atoms with Gasteiger partial charge in [-0.15, -0.1) is 6.58 Å². The van der Waals surface area contributed by atoms with Gasteiger partial charge >= 0.3 is 5.69 Å². The maximum atomic E-state index is 14.3. The van der Waals surface area contributed by atoms with Crippen LogP contribution in [0.25, 0.3) is 0 Å². The zero-order chi connectivity index (χ0) is 18.1. The first-order chi connectivity index (χ1) is 11.9. The summed E-state index contributed by atoms with van der Waals surface area (Å²) >= 11 is 0. The molecule has 1 aliphatic heterocycles. The molecule has 0 bridgehead atoms. The lowest BCUT2D eigenvalue weighted by Crippen LogP contribution is -2.43. The van der Waals surface area contributed by atoms with Crippen molar-refractivity contribution in [1.29, 1.82) is 0 Å². The van der Waals surface area contributed by atoms with Crippen molar-refractivity contribution in [3.8, 4) is 0 Å². The van der Waals surface area contributed by atoms with Crippen LogP contribution in [-0.2, 0) is 0 Å². The van der Waals surface area contributed by atoms with Gasteiger partial charge in [-0.2, -0.15) is 4.39 Å². The molecule has 0 unspecified atom stereocenters. The van der Waals surface area contributed by atoms with Gasteiger partial charge in [-0.3, -0.25) is 14.9 Å². The Balaban J connectivity index is 2.15. The summed E-state index contributed by atoms with van der Waals surface area (Å²) in [7, 11) is 0. The number of anilines is 1. The second-order valence-electron chi connectivity index (χ2n) is 5.42. The third-order valence-electron chi connectivity index (χ3n) is 3.91. The lowest BCUT2D eigenvalue weighted by Gasteiger charge is -2.37. The number of nitro benzene ring substituents is 1. The SMILES string of the molecule is C=CCN1C(=O)c2ccccc2N[C@H]1c1cc([N+](=O)[O-])c(F)cc1F. The normalized spacial score (nSPS) is 16.2. The zero-order valence-corrected chi connectivity index (χ0v) is 12.9. The van der Waals surface area contributed by atoms with Crippen LogP contribution in [0.3, 0.4) is 0 Å². The number of carbonyl (C=O) groups is 1. The first-order valence-electron chi connectivity index (χ1n) is 7.34. The Hall–Kier alpha value is -3.29. The van der Waals surface area contributed by atoms with E-state index in [1.807, 2.05) is 0 Å². The smallest absolute Gasteiger partial charge is 0.305 e. The van der Waals surface area contributed by atoms with Crippen molar-refractivity contribution in [3.05, 3.63) is 81.9 Å². The molecule has 0 aliphatic carbocycles. The van der Waals surface area contributed by atoms with Gasteiger partial charge in [0.2, 0.25) is 5.82 Å². The fourth-order valence-electron chi connectivity index (χ4n) is 2.77. The highest BCUT2D eigenvalue weighted by Gasteiger charge is 2.35. The summed E-state index contributed by atoms with van der Waals surface area (Å²) in [5.41, 5.74) is -0.206. The van der Waals surface area contributed by atoms with Crippen LogP contribution in [0.4, 0.5) is 20.2 Å². The van der Waals surface area contributed by atoms with Crippen LogP contribution < -0.4 is 5.32 Å². The third-order valence-corrected chi connectivity index (χ3v) is 3.91. The lowest BCUT2D eigenvalue weighted by atomic mass is 10.0. The Labute approximate surface area is 141 Å². The third kappa shape index (κ3) is 2.82. The zero-order valence-electron chi connectivity index (χ0n) is 12.9. The standard InChI is InChI=1S/C17H13F2N3O3/c1-2-7-21-16(20-14-6-4-3-5-10(14)17(21)23)11-8-15(22(24)25)13(19)9-12(11)18/h2-6,8-9,16,20H,1,7H2/t16-/m1/s1. The number of hydrogen-bond acceptors (Lipinski definition) is 4. The van der Waals surface area contributed by atoms with E-state index in [0.29, 0.717) is 17.3 Å². The number of amides is 1. The second kappa shape index (κ2) is 6.31. The van der Waals surface area contributed by atoms with Crippen molar-refractivity contribution >= 4 is 17.3 Å². The molecule has 0 saturated carbocycles. The van der Waals surface area contributed by atoms with Crippen molar-refractivity contribution in [3.63, 3.8) is 0 Å². The van der Waals surface area contributed by atoms with Crippen molar-refractivity contribution in [2.45, 2.75) is 6.17 Å². The topological polar surface area (TPSA) is 75.5 Å². The Morgan fingerprint density at radius 2 is 2.00 bits per heavy atom. The van der Waals surface area contributed by atoms with Gasteiger partial charge in [-0.05, 0) is 12.1 Å². The molecule has 6 nitrogen and oxygen atoms in total. The maximum absolute atomic E-state index is 14.3. The monoisotopic (exact) mass is 345 g/mol.